The maximum absolute atomic E-state index is 14.4. The van der Waals surface area contributed by atoms with Gasteiger partial charge in [-0.15, -0.1) is 24.8 Å². The Labute approximate surface area is 224 Å². The zero-order chi connectivity index (χ0) is 24.4. The lowest BCUT2D eigenvalue weighted by Gasteiger charge is -2.17. The third-order valence-corrected chi connectivity index (χ3v) is 5.90. The van der Waals surface area contributed by atoms with E-state index in [0.29, 0.717) is 60.9 Å². The Bertz CT molecular complexity index is 1300. The van der Waals surface area contributed by atoms with Gasteiger partial charge in [0.05, 0.1) is 19.3 Å². The van der Waals surface area contributed by atoms with Gasteiger partial charge in [-0.25, -0.2) is 14.2 Å². The Balaban J connectivity index is 0.00000190. The molecule has 1 aromatic carbocycles. The highest BCUT2D eigenvalue weighted by molar-refractivity contribution is 5.94. The van der Waals surface area contributed by atoms with E-state index in [1.165, 1.54) is 19.4 Å². The second-order valence-corrected chi connectivity index (χ2v) is 8.24. The Morgan fingerprint density at radius 1 is 1.24 bits per heavy atom. The fraction of sp³-hybridized carbons (Fsp3) is 0.333. The number of nitrogens with one attached hydrogen (secondary N) is 2. The Morgan fingerprint density at radius 2 is 2.08 bits per heavy atom. The van der Waals surface area contributed by atoms with Gasteiger partial charge in [-0.05, 0) is 37.2 Å². The van der Waals surface area contributed by atoms with Gasteiger partial charge in [0.1, 0.15) is 17.4 Å². The Morgan fingerprint density at radius 3 is 2.89 bits per heavy atom. The number of rotatable bonds is 8. The molecule has 3 aromatic rings. The van der Waals surface area contributed by atoms with E-state index in [0.717, 1.165) is 5.69 Å². The molecule has 0 radical (unpaired) electrons. The minimum atomic E-state index is -0.524. The van der Waals surface area contributed by atoms with Crippen LogP contribution in [0, 0.1) is 5.82 Å². The highest BCUT2D eigenvalue weighted by Gasteiger charge is 2.33. The number of halogens is 3. The van der Waals surface area contributed by atoms with Crippen LogP contribution in [0.15, 0.2) is 36.5 Å². The van der Waals surface area contributed by atoms with Crippen molar-refractivity contribution < 1.29 is 28.2 Å². The summed E-state index contributed by atoms with van der Waals surface area (Å²) in [7, 11) is 1.47. The monoisotopic (exact) mass is 553 g/mol. The van der Waals surface area contributed by atoms with E-state index in [9.17, 15) is 14.0 Å². The van der Waals surface area contributed by atoms with E-state index in [1.807, 2.05) is 6.07 Å². The number of hydrogen-bond donors (Lipinski definition) is 2. The summed E-state index contributed by atoms with van der Waals surface area (Å²) in [5, 5.41) is 6.54. The first kappa shape index (κ1) is 28.2. The summed E-state index contributed by atoms with van der Waals surface area (Å²) >= 11 is 0. The number of nitrogens with zero attached hydrogens (tertiary/aromatic N) is 3. The van der Waals surface area contributed by atoms with Crippen LogP contribution in [0.3, 0.4) is 0 Å². The van der Waals surface area contributed by atoms with Gasteiger partial charge in [-0.2, -0.15) is 0 Å². The molecule has 4 heterocycles. The summed E-state index contributed by atoms with van der Waals surface area (Å²) in [5.74, 6) is 0.637. The van der Waals surface area contributed by atoms with Gasteiger partial charge in [-0.3, -0.25) is 9.78 Å². The van der Waals surface area contributed by atoms with Gasteiger partial charge in [0.25, 0.3) is 5.91 Å². The lowest BCUT2D eigenvalue weighted by Crippen LogP contribution is -2.28. The third-order valence-electron chi connectivity index (χ3n) is 5.90. The maximum Gasteiger partial charge on any atom is 0.410 e. The van der Waals surface area contributed by atoms with Gasteiger partial charge < -0.3 is 29.7 Å². The van der Waals surface area contributed by atoms with Crippen molar-refractivity contribution in [2.24, 2.45) is 0 Å². The maximum atomic E-state index is 14.4. The largest absolute Gasteiger partial charge is 0.497 e. The normalized spacial score (nSPS) is 16.2. The molecular weight excluding hydrogens is 528 g/mol. The topological polar surface area (TPSA) is 115 Å². The lowest BCUT2D eigenvalue weighted by molar-refractivity contribution is -0.118. The molecule has 2 N–H and O–H groups in total. The standard InChI is InChI=1S/C24H24FN5O5.2ClH/c1-33-15-9-17-16(5-7-27-22(17)18(25)10-15)20-12-30(24(32)35-20)8-2-6-26-11-14-3-4-19-23(28-14)29-21(31)13-34-19;;/h3-5,7,9-10,20,26H,2,6,8,11-13H2,1H3,(H,28,29,31);2*1H. The molecule has 2 amide bonds. The van der Waals surface area contributed by atoms with Crippen molar-refractivity contribution in [3.8, 4) is 11.5 Å². The molecule has 1 atom stereocenters. The summed E-state index contributed by atoms with van der Waals surface area (Å²) < 4.78 is 30.5. The van der Waals surface area contributed by atoms with Crippen molar-refractivity contribution in [3.63, 3.8) is 0 Å². The first-order valence-corrected chi connectivity index (χ1v) is 11.2. The van der Waals surface area contributed by atoms with Gasteiger partial charge in [-0.1, -0.05) is 0 Å². The van der Waals surface area contributed by atoms with Crippen LogP contribution in [0.2, 0.25) is 0 Å². The van der Waals surface area contributed by atoms with Crippen LogP contribution in [0.5, 0.6) is 11.5 Å². The SMILES string of the molecule is COc1cc(F)c2nccc(C3CN(CCCNCc4ccc5c(n4)NC(=O)CO5)C(=O)O3)c2c1.Cl.Cl. The van der Waals surface area contributed by atoms with Crippen molar-refractivity contribution in [3.05, 3.63) is 53.6 Å². The summed E-state index contributed by atoms with van der Waals surface area (Å²) in [6.07, 6.45) is 1.28. The molecule has 0 bridgehead atoms. The van der Waals surface area contributed by atoms with Crippen LogP contribution in [-0.4, -0.2) is 60.2 Å². The summed E-state index contributed by atoms with van der Waals surface area (Å²) in [6.45, 7) is 2.02. The van der Waals surface area contributed by atoms with Crippen LogP contribution >= 0.6 is 24.8 Å². The van der Waals surface area contributed by atoms with Crippen LogP contribution in [0.4, 0.5) is 15.0 Å². The summed E-state index contributed by atoms with van der Waals surface area (Å²) in [5.41, 5.74) is 1.67. The molecule has 2 aliphatic rings. The van der Waals surface area contributed by atoms with E-state index >= 15 is 0 Å². The first-order chi connectivity index (χ1) is 17.0. The lowest BCUT2D eigenvalue weighted by atomic mass is 10.0. The van der Waals surface area contributed by atoms with E-state index < -0.39 is 18.0 Å². The number of hydrogen-bond acceptors (Lipinski definition) is 8. The predicted octanol–water partition coefficient (Wildman–Crippen LogP) is 3.63. The molecule has 1 fully saturated rings. The predicted molar refractivity (Wildman–Crippen MR) is 138 cm³/mol. The Hall–Kier alpha value is -3.41. The van der Waals surface area contributed by atoms with Crippen LogP contribution in [0.25, 0.3) is 10.9 Å². The van der Waals surface area contributed by atoms with Crippen molar-refractivity contribution in [2.75, 3.05) is 38.7 Å². The molecule has 0 spiro atoms. The van der Waals surface area contributed by atoms with Crippen LogP contribution in [-0.2, 0) is 16.1 Å². The van der Waals surface area contributed by atoms with E-state index in [-0.39, 0.29) is 42.8 Å². The molecule has 5 rings (SSSR count). The number of amides is 2. The van der Waals surface area contributed by atoms with E-state index in [1.54, 1.807) is 23.1 Å². The highest BCUT2D eigenvalue weighted by Crippen LogP contribution is 2.33. The van der Waals surface area contributed by atoms with Gasteiger partial charge >= 0.3 is 6.09 Å². The van der Waals surface area contributed by atoms with Crippen molar-refractivity contribution >= 4 is 53.5 Å². The molecule has 2 aromatic heterocycles. The minimum absolute atomic E-state index is 0. The molecule has 198 valence electrons. The van der Waals surface area contributed by atoms with E-state index in [2.05, 4.69) is 20.6 Å². The van der Waals surface area contributed by atoms with Gasteiger partial charge in [0, 0.05) is 36.3 Å². The second-order valence-electron chi connectivity index (χ2n) is 8.24. The zero-order valence-corrected chi connectivity index (χ0v) is 21.5. The number of benzene rings is 1. The first-order valence-electron chi connectivity index (χ1n) is 11.2. The number of carbonyl (C=O) groups excluding carboxylic acids is 2. The molecule has 13 heteroatoms. The number of methoxy groups -OCH3 is 1. The number of anilines is 1. The number of ether oxygens (including phenoxy) is 3. The van der Waals surface area contributed by atoms with Crippen molar-refractivity contribution in [1.29, 1.82) is 0 Å². The number of pyridine rings is 2. The fourth-order valence-electron chi connectivity index (χ4n) is 4.17. The molecule has 2 aliphatic heterocycles. The average Bonchev–Trinajstić information content (AvgIpc) is 3.23. The van der Waals surface area contributed by atoms with Crippen molar-refractivity contribution in [1.82, 2.24) is 20.2 Å². The average molecular weight is 554 g/mol. The molecule has 10 nitrogen and oxygen atoms in total. The van der Waals surface area contributed by atoms with Crippen LogP contribution in [0.1, 0.15) is 23.8 Å². The quantitative estimate of drug-likeness (QED) is 0.406. The highest BCUT2D eigenvalue weighted by atomic mass is 35.5. The molecule has 37 heavy (non-hydrogen) atoms. The number of carbonyl (C=O) groups is 2. The van der Waals surface area contributed by atoms with Gasteiger partial charge in [0.15, 0.2) is 24.0 Å². The summed E-state index contributed by atoms with van der Waals surface area (Å²) in [4.78, 5) is 34.1. The fourth-order valence-corrected chi connectivity index (χ4v) is 4.17. The number of aromatic nitrogens is 2. The van der Waals surface area contributed by atoms with E-state index in [4.69, 9.17) is 14.2 Å². The van der Waals surface area contributed by atoms with Crippen LogP contribution < -0.4 is 20.1 Å². The minimum Gasteiger partial charge on any atom is -0.497 e. The zero-order valence-electron chi connectivity index (χ0n) is 19.9. The molecule has 0 saturated carbocycles. The third kappa shape index (κ3) is 6.12. The molecule has 0 aliphatic carbocycles. The second kappa shape index (κ2) is 12.2. The smallest absolute Gasteiger partial charge is 0.410 e. The molecule has 1 saturated heterocycles. The number of fused-ring (bicyclic) bond motifs is 2. The Kier molecular flexibility index (Phi) is 9.30. The molecular formula is C24H26Cl2FN5O5. The summed E-state index contributed by atoms with van der Waals surface area (Å²) in [6, 6.07) is 8.34. The molecule has 1 unspecified atom stereocenters. The van der Waals surface area contributed by atoms with Gasteiger partial charge in [0.2, 0.25) is 0 Å². The van der Waals surface area contributed by atoms with Crippen molar-refractivity contribution in [2.45, 2.75) is 19.1 Å². The number of cyclic esters (lactones) is 1.